The first-order valence-electron chi connectivity index (χ1n) is 4.16. The number of phenolic OH excluding ortho intramolecular Hbond substituents is 1. The fraction of sp³-hybridized carbons (Fsp3) is 0.182. The van der Waals surface area contributed by atoms with E-state index < -0.39 is 0 Å². The maximum Gasteiger partial charge on any atom is 0.252 e. The van der Waals surface area contributed by atoms with Crippen LogP contribution < -0.4 is 5.32 Å². The van der Waals surface area contributed by atoms with Crippen molar-refractivity contribution < 1.29 is 9.90 Å². The molecule has 1 rings (SSSR count). The number of aromatic hydroxyl groups is 1. The summed E-state index contributed by atoms with van der Waals surface area (Å²) in [7, 11) is 0. The Hall–Kier alpha value is -1.95. The molecule has 0 saturated carbocycles. The van der Waals surface area contributed by atoms with E-state index in [1.807, 2.05) is 0 Å². The Kier molecular flexibility index (Phi) is 3.14. The van der Waals surface area contributed by atoms with Crippen LogP contribution >= 0.6 is 0 Å². The molecule has 0 heterocycles. The number of amides is 1. The third-order valence-electron chi connectivity index (χ3n) is 1.82. The van der Waals surface area contributed by atoms with Crippen LogP contribution in [0.25, 0.3) is 0 Å². The molecule has 0 spiro atoms. The molecule has 0 radical (unpaired) electrons. The van der Waals surface area contributed by atoms with Crippen LogP contribution in [0.3, 0.4) is 0 Å². The molecule has 3 nitrogen and oxygen atoms in total. The average molecular weight is 189 g/mol. The van der Waals surface area contributed by atoms with Crippen LogP contribution in [-0.2, 0) is 0 Å². The van der Waals surface area contributed by atoms with Crippen molar-refractivity contribution in [3.8, 4) is 18.1 Å². The maximum absolute atomic E-state index is 11.3. The van der Waals surface area contributed by atoms with Gasteiger partial charge in [-0.3, -0.25) is 4.79 Å². The van der Waals surface area contributed by atoms with Crippen molar-refractivity contribution in [2.75, 3.05) is 6.54 Å². The van der Waals surface area contributed by atoms with Crippen LogP contribution in [-0.4, -0.2) is 17.6 Å². The van der Waals surface area contributed by atoms with Gasteiger partial charge in [-0.2, -0.15) is 0 Å². The molecule has 0 aliphatic rings. The number of hydrogen-bond donors (Lipinski definition) is 2. The summed E-state index contributed by atoms with van der Waals surface area (Å²) < 4.78 is 0. The van der Waals surface area contributed by atoms with E-state index in [0.29, 0.717) is 5.56 Å². The first-order valence-corrected chi connectivity index (χ1v) is 4.16. The van der Waals surface area contributed by atoms with E-state index in [-0.39, 0.29) is 18.2 Å². The molecule has 0 fully saturated rings. The molecule has 0 aromatic heterocycles. The summed E-state index contributed by atoms with van der Waals surface area (Å²) in [6.45, 7) is 1.95. The normalized spacial score (nSPS) is 9.14. The van der Waals surface area contributed by atoms with Crippen molar-refractivity contribution >= 4 is 5.91 Å². The van der Waals surface area contributed by atoms with Gasteiger partial charge in [0.05, 0.1) is 6.54 Å². The lowest BCUT2D eigenvalue weighted by Crippen LogP contribution is -2.23. The molecule has 0 bridgehead atoms. The lowest BCUT2D eigenvalue weighted by Gasteiger charge is -2.03. The Morgan fingerprint density at radius 2 is 2.36 bits per heavy atom. The number of nitrogens with one attached hydrogen (secondary N) is 1. The zero-order valence-corrected chi connectivity index (χ0v) is 7.87. The Labute approximate surface area is 82.8 Å². The summed E-state index contributed by atoms with van der Waals surface area (Å²) >= 11 is 0. The highest BCUT2D eigenvalue weighted by Crippen LogP contribution is 2.16. The molecule has 0 aliphatic heterocycles. The highest BCUT2D eigenvalue weighted by molar-refractivity contribution is 5.94. The Balaban J connectivity index is 2.82. The molecule has 0 atom stereocenters. The molecule has 0 aliphatic carbocycles. The fourth-order valence-corrected chi connectivity index (χ4v) is 0.984. The first kappa shape index (κ1) is 10.1. The Morgan fingerprint density at radius 1 is 1.64 bits per heavy atom. The van der Waals surface area contributed by atoms with Crippen molar-refractivity contribution in [2.24, 2.45) is 0 Å². The molecule has 0 saturated heterocycles. The molecule has 3 heteroatoms. The maximum atomic E-state index is 11.3. The molecular formula is C11H11NO2. The highest BCUT2D eigenvalue weighted by atomic mass is 16.3. The zero-order chi connectivity index (χ0) is 10.6. The average Bonchev–Trinajstić information content (AvgIpc) is 2.18. The third kappa shape index (κ3) is 2.27. The summed E-state index contributed by atoms with van der Waals surface area (Å²) in [6, 6.07) is 4.74. The second kappa shape index (κ2) is 4.33. The summed E-state index contributed by atoms with van der Waals surface area (Å²) in [4.78, 5) is 11.3. The number of carbonyl (C=O) groups is 1. The second-order valence-corrected chi connectivity index (χ2v) is 2.89. The zero-order valence-electron chi connectivity index (χ0n) is 7.87. The third-order valence-corrected chi connectivity index (χ3v) is 1.82. The van der Waals surface area contributed by atoms with E-state index in [2.05, 4.69) is 11.2 Å². The molecule has 0 unspecified atom stereocenters. The van der Waals surface area contributed by atoms with Crippen molar-refractivity contribution in [3.05, 3.63) is 29.3 Å². The van der Waals surface area contributed by atoms with Crippen LogP contribution in [0.2, 0.25) is 0 Å². The molecule has 72 valence electrons. The number of aryl methyl sites for hydroxylation is 1. The van der Waals surface area contributed by atoms with Gasteiger partial charge < -0.3 is 10.4 Å². The summed E-state index contributed by atoms with van der Waals surface area (Å²) in [5.74, 6) is 2.13. The number of phenols is 1. The van der Waals surface area contributed by atoms with Gasteiger partial charge in [0, 0.05) is 5.56 Å². The SMILES string of the molecule is C#CCNC(=O)c1ccc(C)c(O)c1. The van der Waals surface area contributed by atoms with E-state index in [4.69, 9.17) is 6.42 Å². The minimum Gasteiger partial charge on any atom is -0.508 e. The highest BCUT2D eigenvalue weighted by Gasteiger charge is 2.05. The van der Waals surface area contributed by atoms with Crippen molar-refractivity contribution in [1.29, 1.82) is 0 Å². The molecular weight excluding hydrogens is 178 g/mol. The van der Waals surface area contributed by atoms with Crippen LogP contribution in [0.15, 0.2) is 18.2 Å². The van der Waals surface area contributed by atoms with E-state index >= 15 is 0 Å². The first-order chi connectivity index (χ1) is 6.65. The summed E-state index contributed by atoms with van der Waals surface area (Å²) in [5, 5.41) is 11.9. The van der Waals surface area contributed by atoms with Gasteiger partial charge >= 0.3 is 0 Å². The summed E-state index contributed by atoms with van der Waals surface area (Å²) in [5.41, 5.74) is 1.14. The predicted molar refractivity (Wildman–Crippen MR) is 54.0 cm³/mol. The molecule has 1 aromatic carbocycles. The van der Waals surface area contributed by atoms with E-state index in [0.717, 1.165) is 5.56 Å². The monoisotopic (exact) mass is 189 g/mol. The lowest BCUT2D eigenvalue weighted by molar-refractivity contribution is 0.0958. The number of benzene rings is 1. The minimum absolute atomic E-state index is 0.110. The van der Waals surface area contributed by atoms with Gasteiger partial charge in [0.25, 0.3) is 5.91 Å². The molecule has 1 amide bonds. The van der Waals surface area contributed by atoms with Crippen molar-refractivity contribution in [2.45, 2.75) is 6.92 Å². The Morgan fingerprint density at radius 3 is 2.93 bits per heavy atom. The van der Waals surface area contributed by atoms with Gasteiger partial charge in [-0.15, -0.1) is 6.42 Å². The van der Waals surface area contributed by atoms with Gasteiger partial charge in [0.2, 0.25) is 0 Å². The van der Waals surface area contributed by atoms with Crippen LogP contribution in [0.4, 0.5) is 0 Å². The summed E-state index contributed by atoms with van der Waals surface area (Å²) in [6.07, 6.45) is 4.99. The van der Waals surface area contributed by atoms with Crippen LogP contribution in [0, 0.1) is 19.3 Å². The lowest BCUT2D eigenvalue weighted by atomic mass is 10.1. The van der Waals surface area contributed by atoms with Crippen molar-refractivity contribution in [1.82, 2.24) is 5.32 Å². The van der Waals surface area contributed by atoms with Gasteiger partial charge in [-0.05, 0) is 24.6 Å². The standard InChI is InChI=1S/C11H11NO2/c1-3-6-12-11(14)9-5-4-8(2)10(13)7-9/h1,4-5,7,13H,6H2,2H3,(H,12,14). The smallest absolute Gasteiger partial charge is 0.252 e. The number of hydrogen-bond acceptors (Lipinski definition) is 2. The minimum atomic E-state index is -0.279. The molecule has 1 aromatic rings. The largest absolute Gasteiger partial charge is 0.508 e. The van der Waals surface area contributed by atoms with Gasteiger partial charge in [-0.1, -0.05) is 12.0 Å². The molecule has 14 heavy (non-hydrogen) atoms. The van der Waals surface area contributed by atoms with Gasteiger partial charge in [0.15, 0.2) is 0 Å². The van der Waals surface area contributed by atoms with E-state index in [9.17, 15) is 9.90 Å². The Bertz CT molecular complexity index is 391. The fourth-order valence-electron chi connectivity index (χ4n) is 0.984. The number of carbonyl (C=O) groups excluding carboxylic acids is 1. The van der Waals surface area contributed by atoms with Gasteiger partial charge in [-0.25, -0.2) is 0 Å². The van der Waals surface area contributed by atoms with E-state index in [1.54, 1.807) is 19.1 Å². The predicted octanol–water partition coefficient (Wildman–Crippen LogP) is 1.06. The number of terminal acetylenes is 1. The topological polar surface area (TPSA) is 49.3 Å². The van der Waals surface area contributed by atoms with Crippen LogP contribution in [0.5, 0.6) is 5.75 Å². The molecule has 2 N–H and O–H groups in total. The van der Waals surface area contributed by atoms with Crippen molar-refractivity contribution in [3.63, 3.8) is 0 Å². The van der Waals surface area contributed by atoms with Crippen LogP contribution in [0.1, 0.15) is 15.9 Å². The second-order valence-electron chi connectivity index (χ2n) is 2.89. The van der Waals surface area contributed by atoms with E-state index in [1.165, 1.54) is 6.07 Å². The quantitative estimate of drug-likeness (QED) is 0.683. The van der Waals surface area contributed by atoms with Gasteiger partial charge in [0.1, 0.15) is 5.75 Å². The number of rotatable bonds is 2.